The number of aliphatic carboxylic acids is 1. The molecule has 0 saturated heterocycles. The molecule has 3 amide bonds. The molecule has 34 heavy (non-hydrogen) atoms. The van der Waals surface area contributed by atoms with Gasteiger partial charge < -0.3 is 37.6 Å². The number of carboxylic acids is 1. The zero-order valence-corrected chi connectivity index (χ0v) is 19.9. The van der Waals surface area contributed by atoms with Crippen LogP contribution in [-0.2, 0) is 25.6 Å². The quantitative estimate of drug-likeness (QED) is 0.175. The number of aromatic hydroxyl groups is 1. The van der Waals surface area contributed by atoms with Crippen molar-refractivity contribution in [2.45, 2.75) is 70.6 Å². The highest BCUT2D eigenvalue weighted by molar-refractivity contribution is 5.94. The standard InChI is InChI=1S/C23H37N5O6/c1-13(2)19(28-20(30)17(25)12-15-7-9-16(29)10-8-15)22(32)27-18(6-4-5-11-24)21(31)26-14(3)23(33)34/h7-10,13-14,17-19,29H,4-6,11-12,24-25H2,1-3H3,(H,26,31)(H,27,32)(H,28,30)(H,33,34). The Labute approximate surface area is 199 Å². The summed E-state index contributed by atoms with van der Waals surface area (Å²) >= 11 is 0. The highest BCUT2D eigenvalue weighted by Gasteiger charge is 2.30. The molecular weight excluding hydrogens is 442 g/mol. The van der Waals surface area contributed by atoms with Crippen LogP contribution in [0.25, 0.3) is 0 Å². The third-order valence-electron chi connectivity index (χ3n) is 5.28. The number of phenols is 1. The lowest BCUT2D eigenvalue weighted by molar-refractivity contribution is -0.142. The lowest BCUT2D eigenvalue weighted by Gasteiger charge is -2.26. The number of nitrogens with two attached hydrogens (primary N) is 2. The van der Waals surface area contributed by atoms with Gasteiger partial charge in [-0.3, -0.25) is 19.2 Å². The van der Waals surface area contributed by atoms with Crippen molar-refractivity contribution in [3.05, 3.63) is 29.8 Å². The van der Waals surface area contributed by atoms with Crippen molar-refractivity contribution in [2.24, 2.45) is 17.4 Å². The lowest BCUT2D eigenvalue weighted by Crippen LogP contribution is -2.58. The summed E-state index contributed by atoms with van der Waals surface area (Å²) < 4.78 is 0. The smallest absolute Gasteiger partial charge is 0.325 e. The molecule has 0 heterocycles. The molecule has 1 aromatic carbocycles. The summed E-state index contributed by atoms with van der Waals surface area (Å²) in [5.41, 5.74) is 12.3. The second-order valence-corrected chi connectivity index (χ2v) is 8.62. The van der Waals surface area contributed by atoms with E-state index in [0.29, 0.717) is 19.4 Å². The molecule has 0 radical (unpaired) electrons. The van der Waals surface area contributed by atoms with Gasteiger partial charge in [0.05, 0.1) is 6.04 Å². The molecule has 0 fully saturated rings. The van der Waals surface area contributed by atoms with Gasteiger partial charge in [-0.2, -0.15) is 0 Å². The predicted octanol–water partition coefficient (Wildman–Crippen LogP) is -0.394. The summed E-state index contributed by atoms with van der Waals surface area (Å²) in [6.07, 6.45) is 1.65. The Kier molecular flexibility index (Phi) is 12.0. The molecule has 0 aliphatic rings. The highest BCUT2D eigenvalue weighted by atomic mass is 16.4. The van der Waals surface area contributed by atoms with Gasteiger partial charge >= 0.3 is 5.97 Å². The SMILES string of the molecule is CC(NC(=O)C(CCCCN)NC(=O)C(NC(=O)C(N)Cc1ccc(O)cc1)C(C)C)C(=O)O. The fourth-order valence-electron chi connectivity index (χ4n) is 3.17. The van der Waals surface area contributed by atoms with Crippen LogP contribution in [0.5, 0.6) is 5.75 Å². The maximum Gasteiger partial charge on any atom is 0.325 e. The van der Waals surface area contributed by atoms with Crippen molar-refractivity contribution in [1.82, 2.24) is 16.0 Å². The first-order valence-electron chi connectivity index (χ1n) is 11.3. The second kappa shape index (κ2) is 14.2. The van der Waals surface area contributed by atoms with E-state index >= 15 is 0 Å². The number of carboxylic acid groups (broad SMARTS) is 1. The van der Waals surface area contributed by atoms with Crippen LogP contribution in [-0.4, -0.2) is 64.6 Å². The van der Waals surface area contributed by atoms with E-state index in [1.807, 2.05) is 0 Å². The number of hydrogen-bond donors (Lipinski definition) is 7. The molecule has 4 atom stereocenters. The Morgan fingerprint density at radius 2 is 1.53 bits per heavy atom. The van der Waals surface area contributed by atoms with Crippen molar-refractivity contribution in [3.63, 3.8) is 0 Å². The topological polar surface area (TPSA) is 197 Å². The van der Waals surface area contributed by atoms with Crippen molar-refractivity contribution in [3.8, 4) is 5.75 Å². The number of nitrogens with one attached hydrogen (secondary N) is 3. The summed E-state index contributed by atoms with van der Waals surface area (Å²) in [6, 6.07) is 2.29. The van der Waals surface area contributed by atoms with E-state index in [2.05, 4.69) is 16.0 Å². The van der Waals surface area contributed by atoms with Crippen LogP contribution in [0.2, 0.25) is 0 Å². The Balaban J connectivity index is 2.85. The van der Waals surface area contributed by atoms with E-state index in [1.165, 1.54) is 19.1 Å². The molecular formula is C23H37N5O6. The van der Waals surface area contributed by atoms with E-state index in [-0.39, 0.29) is 24.5 Å². The number of benzene rings is 1. The van der Waals surface area contributed by atoms with Crippen molar-refractivity contribution in [2.75, 3.05) is 6.54 Å². The average molecular weight is 480 g/mol. The molecule has 1 rings (SSSR count). The monoisotopic (exact) mass is 479 g/mol. The number of hydrogen-bond acceptors (Lipinski definition) is 7. The number of carbonyl (C=O) groups is 4. The van der Waals surface area contributed by atoms with E-state index < -0.39 is 47.9 Å². The maximum absolute atomic E-state index is 13.0. The van der Waals surface area contributed by atoms with Crippen LogP contribution in [0, 0.1) is 5.92 Å². The molecule has 0 saturated carbocycles. The summed E-state index contributed by atoms with van der Waals surface area (Å²) in [6.45, 7) is 5.22. The zero-order chi connectivity index (χ0) is 25.8. The number of unbranched alkanes of at least 4 members (excludes halogenated alkanes) is 1. The van der Waals surface area contributed by atoms with E-state index in [0.717, 1.165) is 5.56 Å². The van der Waals surface area contributed by atoms with Gasteiger partial charge in [0.15, 0.2) is 0 Å². The molecule has 11 nitrogen and oxygen atoms in total. The molecule has 190 valence electrons. The highest BCUT2D eigenvalue weighted by Crippen LogP contribution is 2.12. The molecule has 0 bridgehead atoms. The van der Waals surface area contributed by atoms with E-state index in [9.17, 15) is 24.3 Å². The minimum Gasteiger partial charge on any atom is -0.508 e. The van der Waals surface area contributed by atoms with Gasteiger partial charge in [-0.25, -0.2) is 0 Å². The number of phenolic OH excluding ortho intramolecular Hbond substituents is 1. The maximum atomic E-state index is 13.0. The van der Waals surface area contributed by atoms with Crippen molar-refractivity contribution >= 4 is 23.7 Å². The molecule has 0 aliphatic carbocycles. The third-order valence-corrected chi connectivity index (χ3v) is 5.28. The molecule has 9 N–H and O–H groups in total. The summed E-state index contributed by atoms with van der Waals surface area (Å²) in [7, 11) is 0. The zero-order valence-electron chi connectivity index (χ0n) is 19.9. The average Bonchev–Trinajstić information content (AvgIpc) is 2.77. The molecule has 0 aromatic heterocycles. The molecule has 11 heteroatoms. The Hall–Kier alpha value is -3.18. The fraction of sp³-hybridized carbons (Fsp3) is 0.565. The van der Waals surface area contributed by atoms with E-state index in [1.54, 1.807) is 26.0 Å². The van der Waals surface area contributed by atoms with E-state index in [4.69, 9.17) is 16.6 Å². The van der Waals surface area contributed by atoms with Crippen LogP contribution < -0.4 is 27.4 Å². The molecule has 0 spiro atoms. The normalized spacial score (nSPS) is 14.5. The minimum atomic E-state index is -1.20. The van der Waals surface area contributed by atoms with Gasteiger partial charge in [-0.1, -0.05) is 26.0 Å². The first kappa shape index (κ1) is 28.9. The van der Waals surface area contributed by atoms with Crippen LogP contribution in [0.15, 0.2) is 24.3 Å². The summed E-state index contributed by atoms with van der Waals surface area (Å²) in [5.74, 6) is -3.15. The molecule has 4 unspecified atom stereocenters. The van der Waals surface area contributed by atoms with Gasteiger partial charge in [-0.05, 0) is 62.8 Å². The van der Waals surface area contributed by atoms with Crippen LogP contribution >= 0.6 is 0 Å². The van der Waals surface area contributed by atoms with Crippen LogP contribution in [0.3, 0.4) is 0 Å². The Morgan fingerprint density at radius 1 is 0.912 bits per heavy atom. The fourth-order valence-corrected chi connectivity index (χ4v) is 3.17. The number of rotatable bonds is 14. The third kappa shape index (κ3) is 9.75. The van der Waals surface area contributed by atoms with Gasteiger partial charge in [0.1, 0.15) is 23.9 Å². The van der Waals surface area contributed by atoms with Crippen molar-refractivity contribution in [1.29, 1.82) is 0 Å². The van der Waals surface area contributed by atoms with Gasteiger partial charge in [0.25, 0.3) is 0 Å². The summed E-state index contributed by atoms with van der Waals surface area (Å²) in [4.78, 5) is 49.3. The van der Waals surface area contributed by atoms with Gasteiger partial charge in [0, 0.05) is 0 Å². The largest absolute Gasteiger partial charge is 0.508 e. The second-order valence-electron chi connectivity index (χ2n) is 8.62. The van der Waals surface area contributed by atoms with Gasteiger partial charge in [-0.15, -0.1) is 0 Å². The number of amides is 3. The van der Waals surface area contributed by atoms with Gasteiger partial charge in [0.2, 0.25) is 17.7 Å². The molecule has 0 aliphatic heterocycles. The number of carbonyl (C=O) groups excluding carboxylic acids is 3. The molecule has 1 aromatic rings. The minimum absolute atomic E-state index is 0.0983. The van der Waals surface area contributed by atoms with Crippen LogP contribution in [0.1, 0.15) is 45.6 Å². The lowest BCUT2D eigenvalue weighted by atomic mass is 10.00. The Morgan fingerprint density at radius 3 is 2.06 bits per heavy atom. The van der Waals surface area contributed by atoms with Crippen LogP contribution in [0.4, 0.5) is 0 Å². The first-order chi connectivity index (χ1) is 16.0. The summed E-state index contributed by atoms with van der Waals surface area (Å²) in [5, 5.41) is 26.1. The predicted molar refractivity (Wildman–Crippen MR) is 127 cm³/mol. The first-order valence-corrected chi connectivity index (χ1v) is 11.3. The van der Waals surface area contributed by atoms with Crippen molar-refractivity contribution < 1.29 is 29.4 Å². The Bertz CT molecular complexity index is 830.